The molecule has 2 N–H and O–H groups in total. The Bertz CT molecular complexity index is 546. The summed E-state index contributed by atoms with van der Waals surface area (Å²) in [7, 11) is 2.17. The van der Waals surface area contributed by atoms with E-state index < -0.39 is 0 Å². The molecule has 0 bridgehead atoms. The van der Waals surface area contributed by atoms with E-state index in [1.165, 1.54) is 22.0 Å². The fourth-order valence-electron chi connectivity index (χ4n) is 2.25. The van der Waals surface area contributed by atoms with Crippen LogP contribution in [0.5, 0.6) is 0 Å². The first-order valence-electron chi connectivity index (χ1n) is 5.96. The van der Waals surface area contributed by atoms with E-state index in [0.29, 0.717) is 0 Å². The summed E-state index contributed by atoms with van der Waals surface area (Å²) in [6.07, 6.45) is 1.90. The molecule has 0 atom stereocenters. The van der Waals surface area contributed by atoms with Gasteiger partial charge in [0.05, 0.1) is 4.21 Å². The average Bonchev–Trinajstić information content (AvgIpc) is 2.82. The molecular formula is C12H16N4S2. The molecule has 3 heterocycles. The highest BCUT2D eigenvalue weighted by atomic mass is 32.2. The van der Waals surface area contributed by atoms with Crippen LogP contribution in [0.2, 0.25) is 0 Å². The third-order valence-corrected chi connectivity index (χ3v) is 5.10. The minimum atomic E-state index is 1.05. The Kier molecular flexibility index (Phi) is 3.43. The second-order valence-electron chi connectivity index (χ2n) is 4.52. The molecule has 2 aromatic rings. The van der Waals surface area contributed by atoms with Crippen LogP contribution in [-0.2, 0) is 0 Å². The van der Waals surface area contributed by atoms with E-state index in [9.17, 15) is 0 Å². The molecule has 1 fully saturated rings. The maximum Gasteiger partial charge on any atom is 0.137 e. The maximum absolute atomic E-state index is 5.65. The molecule has 1 saturated heterocycles. The molecule has 0 aliphatic carbocycles. The monoisotopic (exact) mass is 280 g/mol. The zero-order valence-corrected chi connectivity index (χ0v) is 11.9. The van der Waals surface area contributed by atoms with E-state index in [4.69, 9.17) is 5.14 Å². The quantitative estimate of drug-likeness (QED) is 0.853. The van der Waals surface area contributed by atoms with Gasteiger partial charge in [0.25, 0.3) is 0 Å². The average molecular weight is 280 g/mol. The number of aromatic nitrogens is 1. The molecule has 0 amide bonds. The number of thiophene rings is 1. The van der Waals surface area contributed by atoms with Crippen molar-refractivity contribution in [2.24, 2.45) is 5.14 Å². The van der Waals surface area contributed by atoms with Crippen molar-refractivity contribution in [1.29, 1.82) is 0 Å². The minimum absolute atomic E-state index is 1.05. The molecule has 96 valence electrons. The van der Waals surface area contributed by atoms with Crippen LogP contribution >= 0.6 is 23.3 Å². The van der Waals surface area contributed by atoms with Crippen molar-refractivity contribution in [2.45, 2.75) is 4.21 Å². The van der Waals surface area contributed by atoms with Gasteiger partial charge in [0, 0.05) is 42.5 Å². The summed E-state index contributed by atoms with van der Waals surface area (Å²) in [5.41, 5.74) is 0. The normalized spacial score (nSPS) is 17.6. The van der Waals surface area contributed by atoms with E-state index in [1.807, 2.05) is 6.20 Å². The molecule has 1 aliphatic rings. The number of likely N-dealkylation sites (N-methyl/N-ethyl adjacent to an activating group) is 1. The SMILES string of the molecule is CN1CCN(c2nccc3sc(SN)cc23)CC1. The molecule has 6 heteroatoms. The number of nitrogens with zero attached hydrogens (tertiary/aromatic N) is 3. The maximum atomic E-state index is 5.65. The van der Waals surface area contributed by atoms with Gasteiger partial charge in [-0.05, 0) is 31.1 Å². The standard InChI is InChI=1S/C12H16N4S2/c1-15-4-6-16(7-5-15)12-9-8-11(18-13)17-10(9)2-3-14-12/h2-3,8H,4-7,13H2,1H3. The summed E-state index contributed by atoms with van der Waals surface area (Å²) in [5.74, 6) is 1.11. The Hall–Kier alpha value is -0.820. The van der Waals surface area contributed by atoms with Gasteiger partial charge in [0.15, 0.2) is 0 Å². The second kappa shape index (κ2) is 5.05. The van der Waals surface area contributed by atoms with Crippen LogP contribution < -0.4 is 10.0 Å². The number of hydrogen-bond donors (Lipinski definition) is 1. The molecule has 0 unspecified atom stereocenters. The van der Waals surface area contributed by atoms with Crippen molar-refractivity contribution in [1.82, 2.24) is 9.88 Å². The summed E-state index contributed by atoms with van der Waals surface area (Å²) in [5, 5.41) is 6.88. The van der Waals surface area contributed by atoms with E-state index in [0.717, 1.165) is 36.2 Å². The highest BCUT2D eigenvalue weighted by Gasteiger charge is 2.18. The molecule has 3 rings (SSSR count). The number of hydrogen-bond acceptors (Lipinski definition) is 6. The van der Waals surface area contributed by atoms with Crippen LogP contribution in [0.3, 0.4) is 0 Å². The Morgan fingerprint density at radius 2 is 2.11 bits per heavy atom. The van der Waals surface area contributed by atoms with Gasteiger partial charge in [-0.1, -0.05) is 0 Å². The molecule has 18 heavy (non-hydrogen) atoms. The number of piperazine rings is 1. The third-order valence-electron chi connectivity index (χ3n) is 3.32. The van der Waals surface area contributed by atoms with Gasteiger partial charge in [0.2, 0.25) is 0 Å². The fraction of sp³-hybridized carbons (Fsp3) is 0.417. The predicted octanol–water partition coefficient (Wildman–Crippen LogP) is 2.01. The lowest BCUT2D eigenvalue weighted by molar-refractivity contribution is 0.312. The van der Waals surface area contributed by atoms with Crippen molar-refractivity contribution in [3.8, 4) is 0 Å². The Morgan fingerprint density at radius 1 is 1.33 bits per heavy atom. The Morgan fingerprint density at radius 3 is 2.83 bits per heavy atom. The van der Waals surface area contributed by atoms with Crippen LogP contribution in [0, 0.1) is 0 Å². The number of anilines is 1. The van der Waals surface area contributed by atoms with Crippen LogP contribution in [0.15, 0.2) is 22.5 Å². The van der Waals surface area contributed by atoms with Gasteiger partial charge in [-0.15, -0.1) is 11.3 Å². The van der Waals surface area contributed by atoms with E-state index in [1.54, 1.807) is 11.3 Å². The van der Waals surface area contributed by atoms with Gasteiger partial charge in [-0.2, -0.15) is 0 Å². The van der Waals surface area contributed by atoms with Crippen molar-refractivity contribution in [3.05, 3.63) is 18.3 Å². The smallest absolute Gasteiger partial charge is 0.137 e. The molecule has 0 aromatic carbocycles. The highest BCUT2D eigenvalue weighted by Crippen LogP contribution is 2.35. The lowest BCUT2D eigenvalue weighted by Gasteiger charge is -2.33. The van der Waals surface area contributed by atoms with Crippen molar-refractivity contribution in [3.63, 3.8) is 0 Å². The first-order valence-corrected chi connectivity index (χ1v) is 7.66. The lowest BCUT2D eigenvalue weighted by Crippen LogP contribution is -2.44. The third kappa shape index (κ3) is 2.21. The minimum Gasteiger partial charge on any atom is -0.354 e. The van der Waals surface area contributed by atoms with E-state index in [2.05, 4.69) is 34.0 Å². The summed E-state index contributed by atoms with van der Waals surface area (Å²) in [4.78, 5) is 9.29. The largest absolute Gasteiger partial charge is 0.354 e. The highest BCUT2D eigenvalue weighted by molar-refractivity contribution is 7.99. The zero-order chi connectivity index (χ0) is 12.5. The van der Waals surface area contributed by atoms with Gasteiger partial charge in [0.1, 0.15) is 5.82 Å². The van der Waals surface area contributed by atoms with E-state index >= 15 is 0 Å². The zero-order valence-electron chi connectivity index (χ0n) is 10.3. The molecular weight excluding hydrogens is 264 g/mol. The Labute approximate surface area is 115 Å². The van der Waals surface area contributed by atoms with E-state index in [-0.39, 0.29) is 0 Å². The van der Waals surface area contributed by atoms with Crippen LogP contribution in [-0.4, -0.2) is 43.1 Å². The summed E-state index contributed by atoms with van der Waals surface area (Å²) >= 11 is 3.05. The summed E-state index contributed by atoms with van der Waals surface area (Å²) in [6.45, 7) is 4.29. The van der Waals surface area contributed by atoms with Gasteiger partial charge < -0.3 is 9.80 Å². The molecule has 4 nitrogen and oxygen atoms in total. The molecule has 0 spiro atoms. The first kappa shape index (κ1) is 12.2. The van der Waals surface area contributed by atoms with Crippen LogP contribution in [0.4, 0.5) is 5.82 Å². The predicted molar refractivity (Wildman–Crippen MR) is 79.4 cm³/mol. The second-order valence-corrected chi connectivity index (χ2v) is 6.54. The molecule has 0 saturated carbocycles. The van der Waals surface area contributed by atoms with Crippen LogP contribution in [0.25, 0.3) is 10.1 Å². The molecule has 0 radical (unpaired) electrons. The Balaban J connectivity index is 1.98. The van der Waals surface area contributed by atoms with Crippen molar-refractivity contribution in [2.75, 3.05) is 38.1 Å². The molecule has 2 aromatic heterocycles. The van der Waals surface area contributed by atoms with Gasteiger partial charge in [-0.25, -0.2) is 4.98 Å². The lowest BCUT2D eigenvalue weighted by atomic mass is 10.2. The summed E-state index contributed by atoms with van der Waals surface area (Å²) < 4.78 is 2.42. The molecule has 1 aliphatic heterocycles. The van der Waals surface area contributed by atoms with Crippen LogP contribution in [0.1, 0.15) is 0 Å². The number of fused-ring (bicyclic) bond motifs is 1. The van der Waals surface area contributed by atoms with Gasteiger partial charge >= 0.3 is 0 Å². The number of pyridine rings is 1. The topological polar surface area (TPSA) is 45.4 Å². The van der Waals surface area contributed by atoms with Crippen molar-refractivity contribution < 1.29 is 0 Å². The first-order chi connectivity index (χ1) is 8.78. The van der Waals surface area contributed by atoms with Crippen molar-refractivity contribution >= 4 is 39.2 Å². The number of rotatable bonds is 2. The van der Waals surface area contributed by atoms with Gasteiger partial charge in [-0.3, -0.25) is 5.14 Å². The number of nitrogens with two attached hydrogens (primary N) is 1. The summed E-state index contributed by atoms with van der Waals surface area (Å²) in [6, 6.07) is 4.23. The fourth-order valence-corrected chi connectivity index (χ4v) is 3.68.